The van der Waals surface area contributed by atoms with E-state index in [2.05, 4.69) is 10.2 Å². The van der Waals surface area contributed by atoms with Gasteiger partial charge in [0.05, 0.1) is 10.6 Å². The van der Waals surface area contributed by atoms with Crippen molar-refractivity contribution in [2.24, 2.45) is 0 Å². The summed E-state index contributed by atoms with van der Waals surface area (Å²) in [5.74, 6) is -0.0656. The van der Waals surface area contributed by atoms with Crippen LogP contribution in [-0.4, -0.2) is 16.2 Å². The van der Waals surface area contributed by atoms with Crippen LogP contribution < -0.4 is 0 Å². The molecule has 0 fully saturated rings. The molecular weight excluding hydrogens is 351 g/mol. The van der Waals surface area contributed by atoms with Crippen LogP contribution in [0.25, 0.3) is 11.5 Å². The number of ether oxygens (including phenoxy) is 1. The van der Waals surface area contributed by atoms with Crippen LogP contribution >= 0.6 is 23.2 Å². The Labute approximate surface area is 148 Å². The second kappa shape index (κ2) is 7.03. The Kier molecular flexibility index (Phi) is 4.83. The Balaban J connectivity index is 1.75. The molecule has 5 nitrogen and oxygen atoms in total. The third kappa shape index (κ3) is 3.58. The van der Waals surface area contributed by atoms with Crippen molar-refractivity contribution in [1.29, 1.82) is 0 Å². The molecule has 0 N–H and O–H groups in total. The largest absolute Gasteiger partial charge is 0.449 e. The fraction of sp³-hybridized carbons (Fsp3) is 0.118. The third-order valence-electron chi connectivity index (χ3n) is 3.24. The summed E-state index contributed by atoms with van der Waals surface area (Å²) in [5.41, 5.74) is 0.964. The zero-order chi connectivity index (χ0) is 17.1. The van der Waals surface area contributed by atoms with Gasteiger partial charge in [-0.15, -0.1) is 10.2 Å². The summed E-state index contributed by atoms with van der Waals surface area (Å²) in [6, 6.07) is 13.9. The summed E-state index contributed by atoms with van der Waals surface area (Å²) in [7, 11) is 0. The number of hydrogen-bond acceptors (Lipinski definition) is 5. The molecular formula is C17H12Cl2N2O3. The maximum absolute atomic E-state index is 12.2. The number of rotatable bonds is 4. The summed E-state index contributed by atoms with van der Waals surface area (Å²) in [6.45, 7) is 1.64. The molecule has 3 rings (SSSR count). The monoisotopic (exact) mass is 362 g/mol. The first-order valence-electron chi connectivity index (χ1n) is 7.09. The summed E-state index contributed by atoms with van der Waals surface area (Å²) < 4.78 is 10.9. The molecule has 3 aromatic rings. The van der Waals surface area contributed by atoms with Gasteiger partial charge in [0.2, 0.25) is 5.89 Å². The van der Waals surface area contributed by atoms with Gasteiger partial charge in [-0.05, 0) is 37.3 Å². The van der Waals surface area contributed by atoms with Crippen molar-refractivity contribution in [3.05, 3.63) is 70.0 Å². The van der Waals surface area contributed by atoms with E-state index in [4.69, 9.17) is 32.4 Å². The number of nitrogens with zero attached hydrogens (tertiary/aromatic N) is 2. The number of hydrogen-bond donors (Lipinski definition) is 0. The lowest BCUT2D eigenvalue weighted by atomic mass is 10.2. The highest BCUT2D eigenvalue weighted by atomic mass is 35.5. The average Bonchev–Trinajstić information content (AvgIpc) is 3.08. The maximum Gasteiger partial charge on any atom is 0.340 e. The second-order valence-corrected chi connectivity index (χ2v) is 5.83. The Hall–Kier alpha value is -2.37. The van der Waals surface area contributed by atoms with E-state index in [-0.39, 0.29) is 16.5 Å². The normalized spacial score (nSPS) is 12.0. The Bertz CT molecular complexity index is 865. The predicted molar refractivity (Wildman–Crippen MR) is 90.0 cm³/mol. The Morgan fingerprint density at radius 3 is 2.62 bits per heavy atom. The Morgan fingerprint density at radius 2 is 1.88 bits per heavy atom. The topological polar surface area (TPSA) is 65.2 Å². The summed E-state index contributed by atoms with van der Waals surface area (Å²) in [5, 5.41) is 8.54. The van der Waals surface area contributed by atoms with Crippen molar-refractivity contribution in [1.82, 2.24) is 10.2 Å². The van der Waals surface area contributed by atoms with Gasteiger partial charge in [0.15, 0.2) is 6.10 Å². The molecule has 0 spiro atoms. The lowest BCUT2D eigenvalue weighted by Crippen LogP contribution is -2.10. The van der Waals surface area contributed by atoms with E-state index in [9.17, 15) is 4.79 Å². The lowest BCUT2D eigenvalue weighted by Gasteiger charge is -2.10. The average molecular weight is 363 g/mol. The van der Waals surface area contributed by atoms with Crippen molar-refractivity contribution >= 4 is 29.2 Å². The van der Waals surface area contributed by atoms with Gasteiger partial charge in [-0.25, -0.2) is 4.79 Å². The molecule has 1 atom stereocenters. The molecule has 7 heteroatoms. The highest BCUT2D eigenvalue weighted by Crippen LogP contribution is 2.26. The molecule has 0 aliphatic heterocycles. The number of aromatic nitrogens is 2. The van der Waals surface area contributed by atoms with Gasteiger partial charge < -0.3 is 9.15 Å². The Morgan fingerprint density at radius 1 is 1.12 bits per heavy atom. The van der Waals surface area contributed by atoms with Crippen molar-refractivity contribution in [2.75, 3.05) is 0 Å². The van der Waals surface area contributed by atoms with Gasteiger partial charge in [0.25, 0.3) is 5.89 Å². The van der Waals surface area contributed by atoms with Gasteiger partial charge in [-0.1, -0.05) is 41.4 Å². The van der Waals surface area contributed by atoms with E-state index in [0.29, 0.717) is 10.9 Å². The standard InChI is InChI=1S/C17H12Cl2N2O3/c1-10(23-17(22)13-9-12(18)7-8-14(13)19)15-20-21-16(24-15)11-5-3-2-4-6-11/h2-10H,1H3/t10-/m0/s1. The second-order valence-electron chi connectivity index (χ2n) is 4.98. The first-order valence-corrected chi connectivity index (χ1v) is 7.85. The van der Waals surface area contributed by atoms with Crippen molar-refractivity contribution in [3.8, 4) is 11.5 Å². The molecule has 2 aromatic carbocycles. The van der Waals surface area contributed by atoms with Crippen LogP contribution in [0.1, 0.15) is 29.3 Å². The van der Waals surface area contributed by atoms with Crippen LogP contribution in [0.5, 0.6) is 0 Å². The molecule has 122 valence electrons. The minimum absolute atomic E-state index is 0.179. The maximum atomic E-state index is 12.2. The number of halogens is 2. The van der Waals surface area contributed by atoms with E-state index in [1.807, 2.05) is 30.3 Å². The molecule has 1 aromatic heterocycles. The van der Waals surface area contributed by atoms with Crippen LogP contribution in [0.2, 0.25) is 10.0 Å². The number of carbonyl (C=O) groups excluding carboxylic acids is 1. The van der Waals surface area contributed by atoms with E-state index >= 15 is 0 Å². The van der Waals surface area contributed by atoms with Crippen LogP contribution in [0.3, 0.4) is 0 Å². The first kappa shape index (κ1) is 16.5. The van der Waals surface area contributed by atoms with Gasteiger partial charge in [0, 0.05) is 10.6 Å². The minimum Gasteiger partial charge on any atom is -0.449 e. The van der Waals surface area contributed by atoms with E-state index in [1.165, 1.54) is 12.1 Å². The minimum atomic E-state index is -0.725. The fourth-order valence-electron chi connectivity index (χ4n) is 2.02. The van der Waals surface area contributed by atoms with Crippen LogP contribution in [0, 0.1) is 0 Å². The number of benzene rings is 2. The molecule has 0 saturated carbocycles. The highest BCUT2D eigenvalue weighted by molar-refractivity contribution is 6.35. The van der Waals surface area contributed by atoms with E-state index in [1.54, 1.807) is 13.0 Å². The lowest BCUT2D eigenvalue weighted by molar-refractivity contribution is 0.0280. The van der Waals surface area contributed by atoms with E-state index in [0.717, 1.165) is 5.56 Å². The van der Waals surface area contributed by atoms with Crippen molar-refractivity contribution in [2.45, 2.75) is 13.0 Å². The van der Waals surface area contributed by atoms with Gasteiger partial charge >= 0.3 is 5.97 Å². The fourth-order valence-corrected chi connectivity index (χ4v) is 2.39. The predicted octanol–water partition coefficient (Wildman–Crippen LogP) is 4.96. The summed E-state index contributed by atoms with van der Waals surface area (Å²) >= 11 is 11.9. The SMILES string of the molecule is C[C@H](OC(=O)c1cc(Cl)ccc1Cl)c1nnc(-c2ccccc2)o1. The quantitative estimate of drug-likeness (QED) is 0.613. The van der Waals surface area contributed by atoms with Crippen LogP contribution in [0.15, 0.2) is 52.9 Å². The van der Waals surface area contributed by atoms with Gasteiger partial charge in [-0.3, -0.25) is 0 Å². The number of esters is 1. The van der Waals surface area contributed by atoms with Gasteiger partial charge in [-0.2, -0.15) is 0 Å². The zero-order valence-electron chi connectivity index (χ0n) is 12.6. The van der Waals surface area contributed by atoms with Crippen LogP contribution in [-0.2, 0) is 4.74 Å². The molecule has 0 amide bonds. The summed E-state index contributed by atoms with van der Waals surface area (Å²) in [4.78, 5) is 12.2. The van der Waals surface area contributed by atoms with Crippen molar-refractivity contribution < 1.29 is 13.9 Å². The van der Waals surface area contributed by atoms with Gasteiger partial charge in [0.1, 0.15) is 0 Å². The smallest absolute Gasteiger partial charge is 0.340 e. The third-order valence-corrected chi connectivity index (χ3v) is 3.81. The molecule has 1 heterocycles. The van der Waals surface area contributed by atoms with E-state index < -0.39 is 12.1 Å². The molecule has 0 aliphatic rings. The van der Waals surface area contributed by atoms with Crippen LogP contribution in [0.4, 0.5) is 0 Å². The van der Waals surface area contributed by atoms with Crippen molar-refractivity contribution in [3.63, 3.8) is 0 Å². The molecule has 0 radical (unpaired) electrons. The number of carbonyl (C=O) groups is 1. The molecule has 0 aliphatic carbocycles. The molecule has 0 bridgehead atoms. The molecule has 0 saturated heterocycles. The highest BCUT2D eigenvalue weighted by Gasteiger charge is 2.21. The summed E-state index contributed by atoms with van der Waals surface area (Å²) in [6.07, 6.45) is -0.725. The first-order chi connectivity index (χ1) is 11.5. The molecule has 0 unspecified atom stereocenters. The molecule has 24 heavy (non-hydrogen) atoms. The zero-order valence-corrected chi connectivity index (χ0v) is 14.1.